The number of amides is 1. The van der Waals surface area contributed by atoms with Gasteiger partial charge >= 0.3 is 5.97 Å². The van der Waals surface area contributed by atoms with Crippen LogP contribution >= 0.6 is 0 Å². The van der Waals surface area contributed by atoms with Gasteiger partial charge in [-0.2, -0.15) is 0 Å². The third-order valence-corrected chi connectivity index (χ3v) is 5.20. The number of allylic oxidation sites excluding steroid dienone is 1. The van der Waals surface area contributed by atoms with Gasteiger partial charge in [-0.05, 0) is 68.2 Å². The summed E-state index contributed by atoms with van der Waals surface area (Å²) in [5, 5.41) is 0. The van der Waals surface area contributed by atoms with Crippen molar-refractivity contribution in [1.29, 1.82) is 0 Å². The van der Waals surface area contributed by atoms with Crippen molar-refractivity contribution in [2.24, 2.45) is 0 Å². The van der Waals surface area contributed by atoms with E-state index in [1.807, 2.05) is 55.5 Å². The van der Waals surface area contributed by atoms with Crippen molar-refractivity contribution in [3.8, 4) is 5.75 Å². The summed E-state index contributed by atoms with van der Waals surface area (Å²) in [7, 11) is 0. The number of rotatable bonds is 7. The minimum absolute atomic E-state index is 0.239. The van der Waals surface area contributed by atoms with E-state index in [-0.39, 0.29) is 12.5 Å². The van der Waals surface area contributed by atoms with Crippen molar-refractivity contribution >= 4 is 23.6 Å². The SMILES string of the molecule is CCOC(=O)C1=C(C)N(c2ccc(OCC)cc2)C(=O)/C1=C/c1ccc(C(C)C)cc1. The lowest BCUT2D eigenvalue weighted by atomic mass is 9.99. The molecule has 0 N–H and O–H groups in total. The molecule has 0 saturated heterocycles. The maximum absolute atomic E-state index is 13.4. The molecule has 0 bridgehead atoms. The molecule has 0 spiro atoms. The summed E-state index contributed by atoms with van der Waals surface area (Å²) in [5.41, 5.74) is 3.93. The lowest BCUT2D eigenvalue weighted by Crippen LogP contribution is -2.24. The van der Waals surface area contributed by atoms with Crippen LogP contribution in [0.25, 0.3) is 6.08 Å². The molecule has 1 amide bonds. The van der Waals surface area contributed by atoms with Crippen LogP contribution in [0.2, 0.25) is 0 Å². The first-order valence-electron chi connectivity index (χ1n) is 10.6. The summed E-state index contributed by atoms with van der Waals surface area (Å²) in [4.78, 5) is 27.7. The molecule has 3 rings (SSSR count). The van der Waals surface area contributed by atoms with Crippen LogP contribution in [0, 0.1) is 0 Å². The fourth-order valence-corrected chi connectivity index (χ4v) is 3.59. The standard InChI is InChI=1S/C26H29NO4/c1-6-30-22-14-12-21(13-15-22)27-18(5)24(26(29)31-7-2)23(25(27)28)16-19-8-10-20(11-9-19)17(3)4/h8-17H,6-7H2,1-5H3/b23-16+. The molecule has 2 aromatic carbocycles. The van der Waals surface area contributed by atoms with Gasteiger partial charge in [0.15, 0.2) is 0 Å². The number of anilines is 1. The van der Waals surface area contributed by atoms with E-state index >= 15 is 0 Å². The van der Waals surface area contributed by atoms with Crippen molar-refractivity contribution in [2.45, 2.75) is 40.5 Å². The van der Waals surface area contributed by atoms with Gasteiger partial charge in [0.2, 0.25) is 0 Å². The Morgan fingerprint density at radius 2 is 1.65 bits per heavy atom. The van der Waals surface area contributed by atoms with E-state index in [0.29, 0.717) is 35.1 Å². The van der Waals surface area contributed by atoms with Crippen LogP contribution in [0.15, 0.2) is 65.4 Å². The van der Waals surface area contributed by atoms with Crippen molar-refractivity contribution in [3.63, 3.8) is 0 Å². The maximum Gasteiger partial charge on any atom is 0.340 e. The number of hydrogen-bond acceptors (Lipinski definition) is 4. The summed E-state index contributed by atoms with van der Waals surface area (Å²) in [5.74, 6) is 0.401. The Labute approximate surface area is 184 Å². The van der Waals surface area contributed by atoms with Gasteiger partial charge in [-0.1, -0.05) is 38.1 Å². The molecule has 0 aliphatic carbocycles. The summed E-state index contributed by atoms with van der Waals surface area (Å²) >= 11 is 0. The van der Waals surface area contributed by atoms with Gasteiger partial charge in [0.25, 0.3) is 5.91 Å². The van der Waals surface area contributed by atoms with Crippen LogP contribution in [-0.4, -0.2) is 25.1 Å². The van der Waals surface area contributed by atoms with Crippen molar-refractivity contribution in [3.05, 3.63) is 76.5 Å². The third-order valence-electron chi connectivity index (χ3n) is 5.20. The molecule has 0 radical (unpaired) electrons. The zero-order valence-electron chi connectivity index (χ0n) is 18.8. The van der Waals surface area contributed by atoms with Gasteiger partial charge in [0.1, 0.15) is 5.75 Å². The Bertz CT molecular complexity index is 1010. The minimum atomic E-state index is -0.494. The third kappa shape index (κ3) is 4.71. The number of carbonyl (C=O) groups is 2. The Hall–Kier alpha value is -3.34. The van der Waals surface area contributed by atoms with Crippen LogP contribution in [-0.2, 0) is 14.3 Å². The first-order valence-corrected chi connectivity index (χ1v) is 10.6. The Morgan fingerprint density at radius 3 is 2.19 bits per heavy atom. The second-order valence-corrected chi connectivity index (χ2v) is 7.63. The molecular formula is C26H29NO4. The van der Waals surface area contributed by atoms with E-state index in [4.69, 9.17) is 9.47 Å². The van der Waals surface area contributed by atoms with E-state index < -0.39 is 5.97 Å². The highest BCUT2D eigenvalue weighted by Crippen LogP contribution is 2.36. The number of hydrogen-bond donors (Lipinski definition) is 0. The van der Waals surface area contributed by atoms with Crippen LogP contribution in [0.1, 0.15) is 51.7 Å². The monoisotopic (exact) mass is 419 g/mol. The number of esters is 1. The van der Waals surface area contributed by atoms with Crippen LogP contribution in [0.4, 0.5) is 5.69 Å². The zero-order valence-corrected chi connectivity index (χ0v) is 18.8. The number of benzene rings is 2. The summed E-state index contributed by atoms with van der Waals surface area (Å²) in [6.07, 6.45) is 1.76. The summed E-state index contributed by atoms with van der Waals surface area (Å²) in [6, 6.07) is 15.3. The van der Waals surface area contributed by atoms with Gasteiger partial charge in [-0.15, -0.1) is 0 Å². The second-order valence-electron chi connectivity index (χ2n) is 7.63. The molecule has 0 unspecified atom stereocenters. The van der Waals surface area contributed by atoms with E-state index in [0.717, 1.165) is 11.3 Å². The zero-order chi connectivity index (χ0) is 22.5. The van der Waals surface area contributed by atoms with Gasteiger partial charge < -0.3 is 9.47 Å². The Morgan fingerprint density at radius 1 is 1.00 bits per heavy atom. The Kier molecular flexibility index (Phi) is 6.95. The minimum Gasteiger partial charge on any atom is -0.494 e. The molecule has 1 aliphatic rings. The van der Waals surface area contributed by atoms with Crippen LogP contribution in [0.3, 0.4) is 0 Å². The molecule has 0 atom stereocenters. The smallest absolute Gasteiger partial charge is 0.340 e. The first-order chi connectivity index (χ1) is 14.9. The topological polar surface area (TPSA) is 55.8 Å². The highest BCUT2D eigenvalue weighted by atomic mass is 16.5. The molecule has 0 aromatic heterocycles. The van der Waals surface area contributed by atoms with Crippen molar-refractivity contribution in [1.82, 2.24) is 0 Å². The largest absolute Gasteiger partial charge is 0.494 e. The highest BCUT2D eigenvalue weighted by molar-refractivity contribution is 6.23. The molecule has 2 aromatic rings. The van der Waals surface area contributed by atoms with Crippen molar-refractivity contribution in [2.75, 3.05) is 18.1 Å². The van der Waals surface area contributed by atoms with E-state index in [1.165, 1.54) is 5.56 Å². The maximum atomic E-state index is 13.4. The first kappa shape index (κ1) is 22.3. The average molecular weight is 420 g/mol. The molecular weight excluding hydrogens is 390 g/mol. The van der Waals surface area contributed by atoms with Gasteiger partial charge in [0.05, 0.1) is 24.4 Å². The fourth-order valence-electron chi connectivity index (χ4n) is 3.59. The Balaban J connectivity index is 2.03. The van der Waals surface area contributed by atoms with Crippen LogP contribution < -0.4 is 9.64 Å². The van der Waals surface area contributed by atoms with Gasteiger partial charge in [-0.3, -0.25) is 9.69 Å². The molecule has 0 saturated carbocycles. The van der Waals surface area contributed by atoms with Crippen molar-refractivity contribution < 1.29 is 19.1 Å². The normalized spacial score (nSPS) is 15.2. The van der Waals surface area contributed by atoms with E-state index in [2.05, 4.69) is 13.8 Å². The molecule has 1 heterocycles. The number of carbonyl (C=O) groups excluding carboxylic acids is 2. The molecule has 162 valence electrons. The molecule has 31 heavy (non-hydrogen) atoms. The number of ether oxygens (including phenoxy) is 2. The van der Waals surface area contributed by atoms with Gasteiger partial charge in [-0.25, -0.2) is 4.79 Å². The summed E-state index contributed by atoms with van der Waals surface area (Å²) < 4.78 is 10.8. The molecule has 0 fully saturated rings. The summed E-state index contributed by atoms with van der Waals surface area (Å²) in [6.45, 7) is 10.5. The second kappa shape index (κ2) is 9.65. The van der Waals surface area contributed by atoms with Crippen LogP contribution in [0.5, 0.6) is 5.75 Å². The van der Waals surface area contributed by atoms with Gasteiger partial charge in [0, 0.05) is 11.4 Å². The fraction of sp³-hybridized carbons (Fsp3) is 0.308. The molecule has 5 nitrogen and oxygen atoms in total. The predicted octanol–water partition coefficient (Wildman–Crippen LogP) is 5.48. The number of nitrogens with zero attached hydrogens (tertiary/aromatic N) is 1. The quantitative estimate of drug-likeness (QED) is 0.441. The lowest BCUT2D eigenvalue weighted by molar-refractivity contribution is -0.138. The predicted molar refractivity (Wildman–Crippen MR) is 123 cm³/mol. The van der Waals surface area contributed by atoms with E-state index in [1.54, 1.807) is 24.8 Å². The molecule has 5 heteroatoms. The highest BCUT2D eigenvalue weighted by Gasteiger charge is 2.38. The average Bonchev–Trinajstić information content (AvgIpc) is 2.99. The van der Waals surface area contributed by atoms with E-state index in [9.17, 15) is 9.59 Å². The lowest BCUT2D eigenvalue weighted by Gasteiger charge is -2.18. The molecule has 1 aliphatic heterocycles.